The summed E-state index contributed by atoms with van der Waals surface area (Å²) in [5.74, 6) is 2.72. The van der Waals surface area contributed by atoms with Crippen LogP contribution in [0.15, 0.2) is 0 Å². The molecule has 51 valence electrons. The Morgan fingerprint density at radius 1 is 1.78 bits per heavy atom. The van der Waals surface area contributed by atoms with E-state index in [2.05, 4.69) is 12.8 Å². The zero-order valence-corrected chi connectivity index (χ0v) is 6.71. The van der Waals surface area contributed by atoms with Gasteiger partial charge in [-0.2, -0.15) is 0 Å². The third-order valence-corrected chi connectivity index (χ3v) is 2.13. The maximum Gasteiger partial charge on any atom is 0.0651 e. The fourth-order valence-corrected chi connectivity index (χ4v) is 1.14. The predicted molar refractivity (Wildman–Crippen MR) is 45.3 cm³/mol. The molecule has 0 fully saturated rings. The Bertz CT molecular complexity index is 91.2. The van der Waals surface area contributed by atoms with E-state index < -0.39 is 0 Å². The van der Waals surface area contributed by atoms with Gasteiger partial charge in [0.15, 0.2) is 0 Å². The van der Waals surface area contributed by atoms with Gasteiger partial charge in [0.05, 0.1) is 5.25 Å². The van der Waals surface area contributed by atoms with E-state index in [0.717, 1.165) is 19.3 Å². The van der Waals surface area contributed by atoms with Gasteiger partial charge in [0.25, 0.3) is 0 Å². The minimum absolute atomic E-state index is 0.409. The fourth-order valence-electron chi connectivity index (χ4n) is 0.599. The van der Waals surface area contributed by atoms with Crippen molar-refractivity contribution in [2.24, 2.45) is 0 Å². The average molecular weight is 141 g/mol. The normalized spacial score (nSPS) is 12.6. The van der Waals surface area contributed by atoms with Crippen molar-refractivity contribution in [1.29, 1.82) is 0 Å². The van der Waals surface area contributed by atoms with E-state index in [0.29, 0.717) is 5.25 Å². The molecule has 0 bridgehead atoms. The minimum Gasteiger partial charge on any atom is -0.149 e. The van der Waals surface area contributed by atoms with Crippen LogP contribution < -0.4 is 0 Å². The predicted octanol–water partition coefficient (Wildman–Crippen LogP) is 2.36. The van der Waals surface area contributed by atoms with Crippen molar-refractivity contribution in [2.75, 3.05) is 6.26 Å². The van der Waals surface area contributed by atoms with Crippen LogP contribution in [0, 0.1) is 19.3 Å². The lowest BCUT2D eigenvalue weighted by Crippen LogP contribution is -1.96. The lowest BCUT2D eigenvalue weighted by Gasteiger charge is -2.03. The van der Waals surface area contributed by atoms with E-state index in [9.17, 15) is 0 Å². The molecule has 0 rings (SSSR count). The molecule has 0 saturated carbocycles. The number of thioether (sulfide) groups is 1. The first kappa shape index (κ1) is 8.91. The lowest BCUT2D eigenvalue weighted by molar-refractivity contribution is 0.781. The summed E-state index contributed by atoms with van der Waals surface area (Å²) in [5.41, 5.74) is 0. The van der Waals surface area contributed by atoms with E-state index in [4.69, 9.17) is 6.42 Å². The molecule has 0 aromatic heterocycles. The number of terminal acetylenes is 1. The third-order valence-electron chi connectivity index (χ3n) is 1.19. The topological polar surface area (TPSA) is 0 Å². The molecule has 1 heteroatoms. The Labute approximate surface area is 62.4 Å². The molecule has 0 saturated heterocycles. The van der Waals surface area contributed by atoms with Crippen molar-refractivity contribution >= 4 is 11.8 Å². The van der Waals surface area contributed by atoms with Crippen LogP contribution in [0.4, 0.5) is 0 Å². The highest BCUT2D eigenvalue weighted by molar-refractivity contribution is 7.99. The molecule has 0 aliphatic carbocycles. The molecule has 0 heterocycles. The van der Waals surface area contributed by atoms with Gasteiger partial charge in [-0.3, -0.25) is 0 Å². The van der Waals surface area contributed by atoms with Gasteiger partial charge in [-0.15, -0.1) is 18.2 Å². The summed E-state index contributed by atoms with van der Waals surface area (Å²) in [6, 6.07) is 0. The molecule has 0 aromatic rings. The van der Waals surface area contributed by atoms with Gasteiger partial charge in [-0.05, 0) is 12.7 Å². The number of hydrogen-bond acceptors (Lipinski definition) is 1. The quantitative estimate of drug-likeness (QED) is 0.542. The summed E-state index contributed by atoms with van der Waals surface area (Å²) < 4.78 is 0. The van der Waals surface area contributed by atoms with Crippen molar-refractivity contribution < 1.29 is 0 Å². The van der Waals surface area contributed by atoms with Crippen molar-refractivity contribution in [2.45, 2.75) is 24.5 Å². The summed E-state index contributed by atoms with van der Waals surface area (Å²) in [6.45, 7) is 3.75. The second-order valence-corrected chi connectivity index (χ2v) is 2.93. The van der Waals surface area contributed by atoms with E-state index in [-0.39, 0.29) is 0 Å². The molecular weight excluding hydrogens is 128 g/mol. The van der Waals surface area contributed by atoms with Crippen LogP contribution in [0.5, 0.6) is 0 Å². The number of rotatable bonds is 4. The Hall–Kier alpha value is -0.0900. The molecule has 9 heavy (non-hydrogen) atoms. The van der Waals surface area contributed by atoms with Crippen molar-refractivity contribution in [3.8, 4) is 12.3 Å². The van der Waals surface area contributed by atoms with Crippen molar-refractivity contribution in [3.63, 3.8) is 0 Å². The smallest absolute Gasteiger partial charge is 0.0651 e. The highest BCUT2D eigenvalue weighted by Crippen LogP contribution is 2.12. The van der Waals surface area contributed by atoms with E-state index in [1.54, 1.807) is 11.8 Å². The standard InChI is InChI=1S/C8H13S/c1-4-6-7-8(5-2)9-3/h2,8H,1,4,6-7H2,3H3. The molecule has 0 amide bonds. The van der Waals surface area contributed by atoms with E-state index in [1.165, 1.54) is 0 Å². The van der Waals surface area contributed by atoms with Gasteiger partial charge in [-0.1, -0.05) is 25.7 Å². The second kappa shape index (κ2) is 6.04. The second-order valence-electron chi connectivity index (χ2n) is 1.89. The Kier molecular flexibility index (Phi) is 5.98. The zero-order chi connectivity index (χ0) is 7.11. The molecule has 1 radical (unpaired) electrons. The van der Waals surface area contributed by atoms with Gasteiger partial charge in [0.2, 0.25) is 0 Å². The van der Waals surface area contributed by atoms with Crippen LogP contribution in [0.3, 0.4) is 0 Å². The monoisotopic (exact) mass is 141 g/mol. The van der Waals surface area contributed by atoms with Gasteiger partial charge < -0.3 is 0 Å². The van der Waals surface area contributed by atoms with Gasteiger partial charge in [-0.25, -0.2) is 0 Å². The maximum absolute atomic E-state index is 5.23. The molecule has 0 N–H and O–H groups in total. The van der Waals surface area contributed by atoms with Crippen LogP contribution in [-0.2, 0) is 0 Å². The molecule has 1 atom stereocenters. The Morgan fingerprint density at radius 3 is 2.78 bits per heavy atom. The largest absolute Gasteiger partial charge is 0.149 e. The summed E-state index contributed by atoms with van der Waals surface area (Å²) in [7, 11) is 0. The molecule has 0 nitrogen and oxygen atoms in total. The van der Waals surface area contributed by atoms with Crippen LogP contribution in [0.25, 0.3) is 0 Å². The molecule has 0 aliphatic heterocycles. The zero-order valence-electron chi connectivity index (χ0n) is 5.89. The van der Waals surface area contributed by atoms with E-state index in [1.807, 2.05) is 6.26 Å². The Balaban J connectivity index is 3.23. The highest BCUT2D eigenvalue weighted by atomic mass is 32.2. The maximum atomic E-state index is 5.23. The van der Waals surface area contributed by atoms with Gasteiger partial charge in [0, 0.05) is 0 Å². The first-order valence-electron chi connectivity index (χ1n) is 3.13. The summed E-state index contributed by atoms with van der Waals surface area (Å²) >= 11 is 1.75. The molecule has 0 aliphatic rings. The fraction of sp³-hybridized carbons (Fsp3) is 0.625. The summed E-state index contributed by atoms with van der Waals surface area (Å²) in [4.78, 5) is 0. The summed E-state index contributed by atoms with van der Waals surface area (Å²) in [6.07, 6.45) is 10.5. The molecular formula is C8H13S. The average Bonchev–Trinajstić information content (AvgIpc) is 1.91. The van der Waals surface area contributed by atoms with Crippen LogP contribution in [0.2, 0.25) is 0 Å². The molecule has 0 spiro atoms. The van der Waals surface area contributed by atoms with Crippen molar-refractivity contribution in [3.05, 3.63) is 6.92 Å². The third kappa shape index (κ3) is 4.42. The molecule has 0 aromatic carbocycles. The Morgan fingerprint density at radius 2 is 2.44 bits per heavy atom. The first-order valence-corrected chi connectivity index (χ1v) is 4.42. The lowest BCUT2D eigenvalue weighted by atomic mass is 10.2. The van der Waals surface area contributed by atoms with Crippen molar-refractivity contribution in [1.82, 2.24) is 0 Å². The van der Waals surface area contributed by atoms with Crippen LogP contribution in [-0.4, -0.2) is 11.5 Å². The van der Waals surface area contributed by atoms with Gasteiger partial charge in [0.1, 0.15) is 0 Å². The van der Waals surface area contributed by atoms with E-state index >= 15 is 0 Å². The van der Waals surface area contributed by atoms with Gasteiger partial charge >= 0.3 is 0 Å². The number of hydrogen-bond donors (Lipinski definition) is 0. The SMILES string of the molecule is C#CC(CCC[CH2])SC. The highest BCUT2D eigenvalue weighted by Gasteiger charge is 1.98. The number of unbranched alkanes of at least 4 members (excludes halogenated alkanes) is 1. The minimum atomic E-state index is 0.409. The van der Waals surface area contributed by atoms with Crippen LogP contribution in [0.1, 0.15) is 19.3 Å². The first-order chi connectivity index (χ1) is 4.35. The molecule has 1 unspecified atom stereocenters. The summed E-state index contributed by atoms with van der Waals surface area (Å²) in [5, 5.41) is 0.409. The van der Waals surface area contributed by atoms with Crippen LogP contribution >= 0.6 is 11.8 Å².